The van der Waals surface area contributed by atoms with Crippen LogP contribution in [-0.4, -0.2) is 11.1 Å². The van der Waals surface area contributed by atoms with Gasteiger partial charge in [-0.05, 0) is 25.7 Å². The highest BCUT2D eigenvalue weighted by Crippen LogP contribution is 2.27. The summed E-state index contributed by atoms with van der Waals surface area (Å²) in [5.41, 5.74) is 0. The van der Waals surface area contributed by atoms with Crippen LogP contribution in [-0.2, 0) is 5.88 Å². The number of aromatic nitrogens is 1. The van der Waals surface area contributed by atoms with E-state index in [1.165, 1.54) is 32.1 Å². The molecule has 1 fully saturated rings. The molecule has 1 heterocycles. The summed E-state index contributed by atoms with van der Waals surface area (Å²) in [5, 5.41) is 0.785. The third-order valence-corrected chi connectivity index (χ3v) is 3.82. The van der Waals surface area contributed by atoms with E-state index in [2.05, 4.69) is 4.98 Å². The van der Waals surface area contributed by atoms with Gasteiger partial charge >= 0.3 is 0 Å². The number of hydrogen-bond donors (Lipinski definition) is 0. The topological polar surface area (TPSA) is 22.1 Å². The first-order valence-electron chi connectivity index (χ1n) is 5.06. The minimum Gasteiger partial charge on any atom is -0.467 e. The number of thiazole rings is 1. The van der Waals surface area contributed by atoms with Gasteiger partial charge in [0.1, 0.15) is 6.10 Å². The molecule has 1 aliphatic rings. The van der Waals surface area contributed by atoms with Crippen LogP contribution in [0.25, 0.3) is 0 Å². The molecule has 0 aliphatic heterocycles. The van der Waals surface area contributed by atoms with Gasteiger partial charge in [-0.25, -0.2) is 4.98 Å². The molecule has 1 saturated carbocycles. The van der Waals surface area contributed by atoms with Gasteiger partial charge in [-0.2, -0.15) is 0 Å². The van der Waals surface area contributed by atoms with Crippen LogP contribution in [0.1, 0.15) is 37.0 Å². The lowest BCUT2D eigenvalue weighted by Crippen LogP contribution is -2.19. The minimum atomic E-state index is 0.387. The van der Waals surface area contributed by atoms with E-state index in [-0.39, 0.29) is 0 Å². The van der Waals surface area contributed by atoms with E-state index in [1.807, 2.05) is 0 Å². The van der Waals surface area contributed by atoms with Crippen molar-refractivity contribution in [2.24, 2.45) is 0 Å². The second-order valence-electron chi connectivity index (χ2n) is 3.60. The van der Waals surface area contributed by atoms with E-state index in [1.54, 1.807) is 17.5 Å². The molecule has 78 valence electrons. The van der Waals surface area contributed by atoms with E-state index in [4.69, 9.17) is 16.3 Å². The van der Waals surface area contributed by atoms with Crippen molar-refractivity contribution in [1.82, 2.24) is 4.98 Å². The fourth-order valence-electron chi connectivity index (χ4n) is 1.73. The standard InChI is InChI=1S/C10H14ClNOS/c11-6-9-7-12-10(14-9)13-8-4-2-1-3-5-8/h7-8H,1-6H2. The van der Waals surface area contributed by atoms with Gasteiger partial charge in [0.25, 0.3) is 5.19 Å². The molecular weight excluding hydrogens is 218 g/mol. The van der Waals surface area contributed by atoms with Crippen molar-refractivity contribution in [2.75, 3.05) is 0 Å². The second-order valence-corrected chi connectivity index (χ2v) is 4.95. The molecule has 1 aliphatic carbocycles. The van der Waals surface area contributed by atoms with Crippen LogP contribution in [0.5, 0.6) is 5.19 Å². The van der Waals surface area contributed by atoms with Crippen molar-refractivity contribution in [3.8, 4) is 5.19 Å². The summed E-state index contributed by atoms with van der Waals surface area (Å²) >= 11 is 7.26. The molecular formula is C10H14ClNOS. The Balaban J connectivity index is 1.89. The fraction of sp³-hybridized carbons (Fsp3) is 0.700. The Morgan fingerprint density at radius 3 is 2.86 bits per heavy atom. The van der Waals surface area contributed by atoms with Gasteiger partial charge < -0.3 is 4.74 Å². The SMILES string of the molecule is ClCc1cnc(OC2CCCCC2)s1. The van der Waals surface area contributed by atoms with E-state index >= 15 is 0 Å². The Labute approximate surface area is 93.3 Å². The van der Waals surface area contributed by atoms with Crippen LogP contribution in [0.4, 0.5) is 0 Å². The highest BCUT2D eigenvalue weighted by molar-refractivity contribution is 7.13. The van der Waals surface area contributed by atoms with Crippen molar-refractivity contribution in [2.45, 2.75) is 44.1 Å². The summed E-state index contributed by atoms with van der Waals surface area (Å²) in [6.07, 6.45) is 8.47. The molecule has 0 unspecified atom stereocenters. The Bertz CT molecular complexity index is 283. The van der Waals surface area contributed by atoms with E-state index < -0.39 is 0 Å². The van der Waals surface area contributed by atoms with Gasteiger partial charge in [-0.15, -0.1) is 11.6 Å². The second kappa shape index (κ2) is 4.99. The fourth-order valence-corrected chi connectivity index (χ4v) is 2.64. The van der Waals surface area contributed by atoms with E-state index in [0.29, 0.717) is 12.0 Å². The molecule has 0 radical (unpaired) electrons. The maximum atomic E-state index is 5.79. The minimum absolute atomic E-state index is 0.387. The van der Waals surface area contributed by atoms with Crippen molar-refractivity contribution in [3.63, 3.8) is 0 Å². The molecule has 0 bridgehead atoms. The van der Waals surface area contributed by atoms with E-state index in [0.717, 1.165) is 10.1 Å². The summed E-state index contributed by atoms with van der Waals surface area (Å²) in [7, 11) is 0. The Kier molecular flexibility index (Phi) is 3.65. The van der Waals surface area contributed by atoms with Crippen molar-refractivity contribution >= 4 is 22.9 Å². The van der Waals surface area contributed by atoms with Crippen LogP contribution in [0, 0.1) is 0 Å². The van der Waals surface area contributed by atoms with Crippen LogP contribution < -0.4 is 4.74 Å². The summed E-state index contributed by atoms with van der Waals surface area (Å²) in [4.78, 5) is 5.27. The molecule has 0 spiro atoms. The predicted molar refractivity (Wildman–Crippen MR) is 59.2 cm³/mol. The van der Waals surface area contributed by atoms with Crippen LogP contribution in [0.3, 0.4) is 0 Å². The molecule has 0 amide bonds. The quantitative estimate of drug-likeness (QED) is 0.742. The lowest BCUT2D eigenvalue weighted by Gasteiger charge is -2.21. The molecule has 14 heavy (non-hydrogen) atoms. The molecule has 1 aromatic rings. The average Bonchev–Trinajstić information content (AvgIpc) is 2.67. The van der Waals surface area contributed by atoms with Gasteiger partial charge in [-0.1, -0.05) is 17.8 Å². The van der Waals surface area contributed by atoms with Gasteiger partial charge in [0.15, 0.2) is 0 Å². The Morgan fingerprint density at radius 2 is 2.21 bits per heavy atom. The van der Waals surface area contributed by atoms with Gasteiger partial charge in [0, 0.05) is 11.1 Å². The monoisotopic (exact) mass is 231 g/mol. The van der Waals surface area contributed by atoms with Crippen LogP contribution in [0.2, 0.25) is 0 Å². The molecule has 2 nitrogen and oxygen atoms in total. The summed E-state index contributed by atoms with van der Waals surface area (Å²) < 4.78 is 5.79. The highest BCUT2D eigenvalue weighted by Gasteiger charge is 2.16. The molecule has 0 N–H and O–H groups in total. The first-order valence-corrected chi connectivity index (χ1v) is 6.41. The Morgan fingerprint density at radius 1 is 1.43 bits per heavy atom. The van der Waals surface area contributed by atoms with Crippen molar-refractivity contribution in [3.05, 3.63) is 11.1 Å². The maximum Gasteiger partial charge on any atom is 0.273 e. The van der Waals surface area contributed by atoms with Gasteiger partial charge in [0.05, 0.1) is 5.88 Å². The normalized spacial score (nSPS) is 18.4. The van der Waals surface area contributed by atoms with Gasteiger partial charge in [0.2, 0.25) is 0 Å². The number of alkyl halides is 1. The summed E-state index contributed by atoms with van der Waals surface area (Å²) in [6, 6.07) is 0. The van der Waals surface area contributed by atoms with Crippen LogP contribution >= 0.6 is 22.9 Å². The molecule has 2 rings (SSSR count). The molecule has 0 aromatic carbocycles. The zero-order valence-corrected chi connectivity index (χ0v) is 9.61. The summed E-state index contributed by atoms with van der Waals surface area (Å²) in [6.45, 7) is 0. The molecule has 0 saturated heterocycles. The first kappa shape index (κ1) is 10.2. The number of hydrogen-bond acceptors (Lipinski definition) is 3. The van der Waals surface area contributed by atoms with E-state index in [9.17, 15) is 0 Å². The summed E-state index contributed by atoms with van der Waals surface area (Å²) in [5.74, 6) is 0.533. The van der Waals surface area contributed by atoms with Gasteiger partial charge in [-0.3, -0.25) is 0 Å². The molecule has 4 heteroatoms. The number of nitrogens with zero attached hydrogens (tertiary/aromatic N) is 1. The Hall–Kier alpha value is -0.280. The predicted octanol–water partition coefficient (Wildman–Crippen LogP) is 3.59. The third-order valence-electron chi connectivity index (χ3n) is 2.48. The largest absolute Gasteiger partial charge is 0.467 e. The number of halogens is 1. The first-order chi connectivity index (χ1) is 6.88. The zero-order chi connectivity index (χ0) is 9.80. The number of rotatable bonds is 3. The van der Waals surface area contributed by atoms with Crippen molar-refractivity contribution in [1.29, 1.82) is 0 Å². The molecule has 1 aromatic heterocycles. The average molecular weight is 232 g/mol. The molecule has 0 atom stereocenters. The lowest BCUT2D eigenvalue weighted by atomic mass is 9.98. The van der Waals surface area contributed by atoms with Crippen LogP contribution in [0.15, 0.2) is 6.20 Å². The highest BCUT2D eigenvalue weighted by atomic mass is 35.5. The lowest BCUT2D eigenvalue weighted by molar-refractivity contribution is 0.154. The third kappa shape index (κ3) is 2.61. The maximum absolute atomic E-state index is 5.79. The zero-order valence-electron chi connectivity index (χ0n) is 8.04. The van der Waals surface area contributed by atoms with Crippen molar-refractivity contribution < 1.29 is 4.74 Å². The number of ether oxygens (including phenoxy) is 1. The smallest absolute Gasteiger partial charge is 0.273 e.